The van der Waals surface area contributed by atoms with Gasteiger partial charge < -0.3 is 54.0 Å². The highest BCUT2D eigenvalue weighted by molar-refractivity contribution is 5.86. The van der Waals surface area contributed by atoms with E-state index in [1.54, 1.807) is 125 Å². The molecule has 3 N–H and O–H groups in total. The van der Waals surface area contributed by atoms with E-state index in [0.717, 1.165) is 4.90 Å². The van der Waals surface area contributed by atoms with Crippen LogP contribution >= 0.6 is 0 Å². The van der Waals surface area contributed by atoms with Gasteiger partial charge in [-0.05, 0) is 125 Å². The second-order valence-electron chi connectivity index (χ2n) is 22.2. The zero-order chi connectivity index (χ0) is 53.1. The number of carboxylic acids is 1. The molecule has 0 radical (unpaired) electrons. The number of hydrogen-bond acceptors (Lipinski definition) is 15. The molecule has 3 aliphatic rings. The van der Waals surface area contributed by atoms with Crippen LogP contribution in [0.15, 0.2) is 0 Å². The van der Waals surface area contributed by atoms with Crippen LogP contribution in [0.5, 0.6) is 0 Å². The number of aliphatic carboxylic acids is 1. The molecule has 3 fully saturated rings. The number of primary amides is 1. The third kappa shape index (κ3) is 22.2. The Hall–Kier alpha value is -5.95. The van der Waals surface area contributed by atoms with E-state index in [-0.39, 0.29) is 52.4 Å². The number of amides is 7. The Morgan fingerprint density at radius 1 is 0.426 bits per heavy atom. The third-order valence-corrected chi connectivity index (χ3v) is 8.74. The van der Waals surface area contributed by atoms with E-state index in [4.69, 9.17) is 34.2 Å². The molecule has 0 aromatic carbocycles. The van der Waals surface area contributed by atoms with Gasteiger partial charge >= 0.3 is 42.5 Å². The normalized spacial score (nSPS) is 19.3. The molecule has 3 heterocycles. The van der Waals surface area contributed by atoms with Gasteiger partial charge in [0.25, 0.3) is 0 Å². The van der Waals surface area contributed by atoms with Crippen molar-refractivity contribution >= 4 is 48.4 Å². The van der Waals surface area contributed by atoms with E-state index in [2.05, 4.69) is 0 Å². The Labute approximate surface area is 401 Å². The molecule has 7 amide bonds. The van der Waals surface area contributed by atoms with Crippen molar-refractivity contribution in [1.29, 1.82) is 5.26 Å². The number of hydrogen-bond donors (Lipinski definition) is 2. The van der Waals surface area contributed by atoms with Crippen LogP contribution in [0.2, 0.25) is 0 Å². The number of carboxylic acid groups (broad SMARTS) is 1. The van der Waals surface area contributed by atoms with Crippen LogP contribution in [0.4, 0.5) is 28.8 Å². The zero-order valence-electron chi connectivity index (χ0n) is 43.5. The topological polar surface area (TPSA) is 281 Å². The average Bonchev–Trinajstić information content (AvgIpc) is 3.13. The molecule has 0 bridgehead atoms. The molecule has 68 heavy (non-hydrogen) atoms. The van der Waals surface area contributed by atoms with Crippen molar-refractivity contribution in [2.75, 3.05) is 58.9 Å². The lowest BCUT2D eigenvalue weighted by atomic mass is 10.1. The lowest BCUT2D eigenvalue weighted by molar-refractivity contribution is -0.145. The van der Waals surface area contributed by atoms with Gasteiger partial charge in [-0.1, -0.05) is 0 Å². The number of nitriles is 1. The fraction of sp³-hybridized carbons (Fsp3) is 0.800. The predicted octanol–water partition coefficient (Wildman–Crippen LogP) is 5.62. The van der Waals surface area contributed by atoms with Gasteiger partial charge in [0.05, 0.1) is 25.7 Å². The number of ether oxygens (including phenoxy) is 6. The van der Waals surface area contributed by atoms with E-state index in [1.807, 2.05) is 6.07 Å². The van der Waals surface area contributed by atoms with E-state index >= 15 is 0 Å². The van der Waals surface area contributed by atoms with Crippen molar-refractivity contribution in [3.8, 4) is 6.07 Å². The zero-order valence-corrected chi connectivity index (χ0v) is 43.5. The summed E-state index contributed by atoms with van der Waals surface area (Å²) in [7, 11) is 0. The summed E-state index contributed by atoms with van der Waals surface area (Å²) < 4.78 is 31.6. The maximum atomic E-state index is 12.2. The van der Waals surface area contributed by atoms with Crippen molar-refractivity contribution in [2.24, 2.45) is 5.73 Å². The first-order valence-electron chi connectivity index (χ1n) is 22.4. The summed E-state index contributed by atoms with van der Waals surface area (Å²) in [6.45, 7) is 32.6. The molecule has 0 aromatic rings. The van der Waals surface area contributed by atoms with Crippen molar-refractivity contribution in [1.82, 2.24) is 29.4 Å². The molecule has 0 aliphatic carbocycles. The minimum atomic E-state index is -1.19. The van der Waals surface area contributed by atoms with Gasteiger partial charge in [-0.2, -0.15) is 5.26 Å². The minimum absolute atomic E-state index is 0.0104. The Morgan fingerprint density at radius 3 is 0.956 bits per heavy atom. The van der Waals surface area contributed by atoms with Gasteiger partial charge in [-0.15, -0.1) is 0 Å². The van der Waals surface area contributed by atoms with Crippen LogP contribution in [-0.4, -0.2) is 194 Å². The predicted molar refractivity (Wildman–Crippen MR) is 246 cm³/mol. The Morgan fingerprint density at radius 2 is 0.676 bits per heavy atom. The summed E-state index contributed by atoms with van der Waals surface area (Å²) in [4.78, 5) is 104. The standard InChI is InChI=1S/C15H27N3O5.C15H25N3O4.C15H26N2O6/c1-14(2,3)22-12(20)17-7-8-18(10(9-17)11(16)19)13(21)23-15(4,5)6;1-14(2,3)21-12(19)17-7-8-18(11(9-16)10-17)13(20)22-15(4,5)6;1-14(2,3)22-12(20)16-7-8-17(10(9-16)11(18)19)13(21)23-15(4,5)6/h10H,7-9H2,1-6H3,(H2,16,19);11H,7-8,10H2,1-6H3;10H,7-9H2,1-6H3,(H,18,19). The summed E-state index contributed by atoms with van der Waals surface area (Å²) in [6.07, 6.45) is -3.46. The first-order chi connectivity index (χ1) is 30.5. The summed E-state index contributed by atoms with van der Waals surface area (Å²) in [5, 5.41) is 18.6. The molecule has 3 aliphatic heterocycles. The molecule has 3 unspecified atom stereocenters. The summed E-state index contributed by atoms with van der Waals surface area (Å²) in [6, 6.07) is -0.795. The SMILES string of the molecule is CC(C)(C)OC(=O)N1CCN(C(=O)OC(C)(C)C)C(C#N)C1.CC(C)(C)OC(=O)N1CCN(C(=O)OC(C)(C)C)C(C(=O)O)C1.CC(C)(C)OC(=O)N1CCN(C(=O)OC(C)(C)C)C(C(N)=O)C1. The molecule has 0 saturated carbocycles. The van der Waals surface area contributed by atoms with Crippen molar-refractivity contribution < 1.29 is 71.9 Å². The summed E-state index contributed by atoms with van der Waals surface area (Å²) >= 11 is 0. The highest BCUT2D eigenvalue weighted by atomic mass is 16.6. The number of carbonyl (C=O) groups is 8. The monoisotopic (exact) mass is 971 g/mol. The van der Waals surface area contributed by atoms with Gasteiger partial charge in [0.1, 0.15) is 45.7 Å². The number of nitrogens with two attached hydrogens (primary N) is 1. The van der Waals surface area contributed by atoms with Crippen molar-refractivity contribution in [2.45, 2.75) is 176 Å². The number of rotatable bonds is 2. The van der Waals surface area contributed by atoms with E-state index < -0.39 is 100 Å². The van der Waals surface area contributed by atoms with Gasteiger partial charge in [-0.25, -0.2) is 33.6 Å². The van der Waals surface area contributed by atoms with E-state index in [9.17, 15) is 48.7 Å². The van der Waals surface area contributed by atoms with E-state index in [1.165, 1.54) is 24.5 Å². The van der Waals surface area contributed by atoms with Crippen molar-refractivity contribution in [3.63, 3.8) is 0 Å². The third-order valence-electron chi connectivity index (χ3n) is 8.74. The fourth-order valence-corrected chi connectivity index (χ4v) is 6.01. The second-order valence-corrected chi connectivity index (χ2v) is 22.2. The molecule has 0 spiro atoms. The first kappa shape index (κ1) is 60.1. The molecular weight excluding hydrogens is 893 g/mol. The molecule has 3 saturated heterocycles. The second kappa shape index (κ2) is 23.4. The van der Waals surface area contributed by atoms with Gasteiger partial charge in [0.15, 0.2) is 6.04 Å². The van der Waals surface area contributed by atoms with Crippen LogP contribution in [0.3, 0.4) is 0 Å². The average molecular weight is 971 g/mol. The Kier molecular flexibility index (Phi) is 20.6. The highest BCUT2D eigenvalue weighted by Crippen LogP contribution is 2.22. The molecule has 23 heteroatoms. The molecule has 3 rings (SSSR count). The van der Waals surface area contributed by atoms with Gasteiger partial charge in [0.2, 0.25) is 5.91 Å². The van der Waals surface area contributed by atoms with Crippen LogP contribution in [0.1, 0.15) is 125 Å². The summed E-state index contributed by atoms with van der Waals surface area (Å²) in [5.74, 6) is -1.88. The fourth-order valence-electron chi connectivity index (χ4n) is 6.01. The highest BCUT2D eigenvalue weighted by Gasteiger charge is 2.42. The number of nitrogens with zero attached hydrogens (tertiary/aromatic N) is 7. The number of piperazine rings is 3. The minimum Gasteiger partial charge on any atom is -0.480 e. The maximum Gasteiger partial charge on any atom is 0.411 e. The van der Waals surface area contributed by atoms with E-state index in [0.29, 0.717) is 6.54 Å². The quantitative estimate of drug-likeness (QED) is 0.318. The molecule has 3 atom stereocenters. The molecule has 388 valence electrons. The summed E-state index contributed by atoms with van der Waals surface area (Å²) in [5.41, 5.74) is 1.46. The lowest BCUT2D eigenvalue weighted by Crippen LogP contribution is -2.61. The first-order valence-corrected chi connectivity index (χ1v) is 22.4. The van der Waals surface area contributed by atoms with Gasteiger partial charge in [0, 0.05) is 39.3 Å². The Balaban J connectivity index is 0.000000510. The van der Waals surface area contributed by atoms with Crippen LogP contribution < -0.4 is 5.73 Å². The van der Waals surface area contributed by atoms with Crippen LogP contribution in [0, 0.1) is 11.3 Å². The molecule has 23 nitrogen and oxygen atoms in total. The van der Waals surface area contributed by atoms with Gasteiger partial charge in [-0.3, -0.25) is 19.5 Å². The number of carbonyl (C=O) groups excluding carboxylic acids is 7. The molecule has 0 aromatic heterocycles. The van der Waals surface area contributed by atoms with Crippen LogP contribution in [-0.2, 0) is 38.0 Å². The maximum absolute atomic E-state index is 12.2. The molecular formula is C45H78N8O15. The van der Waals surface area contributed by atoms with Crippen LogP contribution in [0.25, 0.3) is 0 Å². The smallest absolute Gasteiger partial charge is 0.411 e. The van der Waals surface area contributed by atoms with Crippen molar-refractivity contribution in [3.05, 3.63) is 0 Å². The largest absolute Gasteiger partial charge is 0.480 e. The lowest BCUT2D eigenvalue weighted by Gasteiger charge is -2.40. The Bertz CT molecular complexity index is 1760.